The summed E-state index contributed by atoms with van der Waals surface area (Å²) in [5.41, 5.74) is 3.34. The summed E-state index contributed by atoms with van der Waals surface area (Å²) in [4.78, 5) is 17.6. The van der Waals surface area contributed by atoms with E-state index in [4.69, 9.17) is 4.74 Å². The third kappa shape index (κ3) is 4.29. The number of methoxy groups -OCH3 is 1. The highest BCUT2D eigenvalue weighted by atomic mass is 16.5. The second-order valence-electron chi connectivity index (χ2n) is 7.67. The maximum Gasteiger partial charge on any atom is 0.249 e. The molecule has 0 aromatic heterocycles. The van der Waals surface area contributed by atoms with Gasteiger partial charge in [-0.3, -0.25) is 4.79 Å². The molecule has 1 atom stereocenters. The van der Waals surface area contributed by atoms with Crippen molar-refractivity contribution < 1.29 is 9.53 Å². The van der Waals surface area contributed by atoms with Crippen LogP contribution in [0.1, 0.15) is 51.0 Å². The monoisotopic (exact) mass is 356 g/mol. The van der Waals surface area contributed by atoms with Gasteiger partial charge in [0.1, 0.15) is 5.75 Å². The van der Waals surface area contributed by atoms with Gasteiger partial charge in [0.05, 0.1) is 7.11 Å². The maximum atomic E-state index is 13.1. The molecule has 0 N–H and O–H groups in total. The zero-order chi connectivity index (χ0) is 18.5. The van der Waals surface area contributed by atoms with Gasteiger partial charge >= 0.3 is 0 Å². The number of nitrogens with zero attached hydrogens (tertiary/aromatic N) is 2. The van der Waals surface area contributed by atoms with Gasteiger partial charge in [0.25, 0.3) is 0 Å². The Labute approximate surface area is 157 Å². The molecule has 26 heavy (non-hydrogen) atoms. The molecule has 0 radical (unpaired) electrons. The van der Waals surface area contributed by atoms with Gasteiger partial charge in [-0.05, 0) is 75.4 Å². The highest BCUT2D eigenvalue weighted by Gasteiger charge is 2.27. The second-order valence-corrected chi connectivity index (χ2v) is 7.67. The molecule has 4 heteroatoms. The van der Waals surface area contributed by atoms with Gasteiger partial charge in [0.2, 0.25) is 5.91 Å². The van der Waals surface area contributed by atoms with Crippen molar-refractivity contribution in [3.8, 4) is 5.75 Å². The van der Waals surface area contributed by atoms with Gasteiger partial charge in [0, 0.05) is 25.2 Å². The third-order valence-corrected chi connectivity index (χ3v) is 5.82. The molecule has 1 aromatic rings. The lowest BCUT2D eigenvalue weighted by Crippen LogP contribution is -2.39. The lowest BCUT2D eigenvalue weighted by Gasteiger charge is -2.33. The minimum Gasteiger partial charge on any atom is -0.497 e. The number of rotatable bonds is 5. The van der Waals surface area contributed by atoms with Gasteiger partial charge in [0.15, 0.2) is 0 Å². The Morgan fingerprint density at radius 2 is 1.88 bits per heavy atom. The number of ether oxygens (including phenoxy) is 1. The number of hydrogen-bond acceptors (Lipinski definition) is 3. The van der Waals surface area contributed by atoms with Crippen molar-refractivity contribution in [1.82, 2.24) is 9.80 Å². The van der Waals surface area contributed by atoms with Gasteiger partial charge < -0.3 is 14.5 Å². The molecule has 4 nitrogen and oxygen atoms in total. The van der Waals surface area contributed by atoms with Crippen molar-refractivity contribution in [3.63, 3.8) is 0 Å². The molecular weight excluding hydrogens is 324 g/mol. The van der Waals surface area contributed by atoms with Crippen molar-refractivity contribution in [3.05, 3.63) is 35.4 Å². The van der Waals surface area contributed by atoms with Crippen LogP contribution in [0, 0.1) is 0 Å². The molecular formula is C22H32N2O2. The molecule has 2 heterocycles. The van der Waals surface area contributed by atoms with Gasteiger partial charge in [-0.2, -0.15) is 0 Å². The number of amides is 1. The zero-order valence-corrected chi connectivity index (χ0v) is 16.5. The van der Waals surface area contributed by atoms with Crippen LogP contribution >= 0.6 is 0 Å². The first kappa shape index (κ1) is 19.0. The van der Waals surface area contributed by atoms with Crippen molar-refractivity contribution in [2.75, 3.05) is 33.8 Å². The summed E-state index contributed by atoms with van der Waals surface area (Å²) in [6, 6.07) is 8.57. The van der Waals surface area contributed by atoms with Gasteiger partial charge in [-0.25, -0.2) is 0 Å². The van der Waals surface area contributed by atoms with E-state index in [1.54, 1.807) is 7.11 Å². The summed E-state index contributed by atoms with van der Waals surface area (Å²) in [6.45, 7) is 5.42. The molecule has 1 aromatic carbocycles. The Morgan fingerprint density at radius 3 is 2.62 bits per heavy atom. The van der Waals surface area contributed by atoms with Crippen molar-refractivity contribution in [2.45, 2.75) is 51.5 Å². The molecule has 1 amide bonds. The first-order valence-corrected chi connectivity index (χ1v) is 9.96. The van der Waals surface area contributed by atoms with Crippen LogP contribution in [0.5, 0.6) is 5.75 Å². The largest absolute Gasteiger partial charge is 0.497 e. The Hall–Kier alpha value is -1.81. The predicted octanol–water partition coefficient (Wildman–Crippen LogP) is 3.97. The highest BCUT2D eigenvalue weighted by molar-refractivity contribution is 6.01. The Bertz CT molecular complexity index is 662. The number of likely N-dealkylation sites (N-methyl/N-ethyl adjacent to an activating group) is 1. The van der Waals surface area contributed by atoms with E-state index in [0.29, 0.717) is 6.04 Å². The van der Waals surface area contributed by atoms with E-state index in [-0.39, 0.29) is 5.91 Å². The summed E-state index contributed by atoms with van der Waals surface area (Å²) >= 11 is 0. The normalized spacial score (nSPS) is 20.9. The Morgan fingerprint density at radius 1 is 1.12 bits per heavy atom. The summed E-state index contributed by atoms with van der Waals surface area (Å²) in [7, 11) is 3.63. The molecule has 0 bridgehead atoms. The van der Waals surface area contributed by atoms with Crippen molar-refractivity contribution >= 4 is 11.5 Å². The van der Waals surface area contributed by atoms with E-state index in [2.05, 4.69) is 24.0 Å². The summed E-state index contributed by atoms with van der Waals surface area (Å²) in [6.07, 6.45) is 6.68. The van der Waals surface area contributed by atoms with E-state index in [1.807, 2.05) is 24.1 Å². The van der Waals surface area contributed by atoms with E-state index in [0.717, 1.165) is 55.8 Å². The van der Waals surface area contributed by atoms with E-state index >= 15 is 0 Å². The maximum absolute atomic E-state index is 13.1. The molecule has 0 saturated carbocycles. The van der Waals surface area contributed by atoms with Crippen LogP contribution in [-0.2, 0) is 4.79 Å². The first-order chi connectivity index (χ1) is 12.6. The Kier molecular flexibility index (Phi) is 6.36. The third-order valence-electron chi connectivity index (χ3n) is 5.82. The highest BCUT2D eigenvalue weighted by Crippen LogP contribution is 2.33. The molecule has 1 unspecified atom stereocenters. The smallest absolute Gasteiger partial charge is 0.249 e. The Balaban J connectivity index is 1.93. The topological polar surface area (TPSA) is 32.8 Å². The molecule has 0 spiro atoms. The number of likely N-dealkylation sites (tertiary alicyclic amines) is 1. The molecule has 1 fully saturated rings. The van der Waals surface area contributed by atoms with Gasteiger partial charge in [-0.15, -0.1) is 0 Å². The zero-order valence-electron chi connectivity index (χ0n) is 16.5. The lowest BCUT2D eigenvalue weighted by molar-refractivity contribution is -0.126. The molecule has 0 aliphatic carbocycles. The van der Waals surface area contributed by atoms with Crippen molar-refractivity contribution in [2.24, 2.45) is 0 Å². The number of benzene rings is 1. The van der Waals surface area contributed by atoms with Gasteiger partial charge in [-0.1, -0.05) is 18.6 Å². The van der Waals surface area contributed by atoms with Crippen LogP contribution < -0.4 is 4.74 Å². The number of allylic oxidation sites excluding steroid dienone is 1. The molecule has 2 aliphatic rings. The molecule has 1 saturated heterocycles. The van der Waals surface area contributed by atoms with Crippen LogP contribution in [0.3, 0.4) is 0 Å². The molecule has 2 aliphatic heterocycles. The van der Waals surface area contributed by atoms with E-state index in [1.165, 1.54) is 24.8 Å². The van der Waals surface area contributed by atoms with E-state index in [9.17, 15) is 4.79 Å². The minimum atomic E-state index is 0.198. The number of hydrogen-bond donors (Lipinski definition) is 0. The molecule has 3 rings (SSSR count). The summed E-state index contributed by atoms with van der Waals surface area (Å²) < 4.78 is 5.41. The fourth-order valence-electron chi connectivity index (χ4n) is 4.23. The van der Waals surface area contributed by atoms with Crippen LogP contribution in [0.25, 0.3) is 5.57 Å². The number of piperidine rings is 1. The SMILES string of the molecule is COc1cccc(C2=C(CC(C)N3CCCCC3)C(=O)N(C)CCC2)c1. The summed E-state index contributed by atoms with van der Waals surface area (Å²) in [5, 5.41) is 0. The predicted molar refractivity (Wildman–Crippen MR) is 106 cm³/mol. The fraction of sp³-hybridized carbons (Fsp3) is 0.591. The average molecular weight is 357 g/mol. The first-order valence-electron chi connectivity index (χ1n) is 9.96. The fourth-order valence-corrected chi connectivity index (χ4v) is 4.23. The van der Waals surface area contributed by atoms with Crippen LogP contribution in [0.15, 0.2) is 29.8 Å². The van der Waals surface area contributed by atoms with Crippen molar-refractivity contribution in [1.29, 1.82) is 0 Å². The summed E-state index contributed by atoms with van der Waals surface area (Å²) in [5.74, 6) is 1.05. The molecule has 142 valence electrons. The van der Waals surface area contributed by atoms with Crippen LogP contribution in [-0.4, -0.2) is 55.5 Å². The number of carbonyl (C=O) groups excluding carboxylic acids is 1. The minimum absolute atomic E-state index is 0.198. The van der Waals surface area contributed by atoms with E-state index < -0.39 is 0 Å². The quantitative estimate of drug-likeness (QED) is 0.800. The standard InChI is InChI=1S/C22H32N2O2/c1-17(24-13-5-4-6-14-24)15-21-20(11-8-12-23(2)22(21)25)18-9-7-10-19(16-18)26-3/h7,9-10,16-17H,4-6,8,11-15H2,1-3H3. The van der Waals surface area contributed by atoms with Crippen LogP contribution in [0.4, 0.5) is 0 Å². The second kappa shape index (κ2) is 8.72. The average Bonchev–Trinajstić information content (AvgIpc) is 2.82. The number of carbonyl (C=O) groups is 1. The van der Waals surface area contributed by atoms with Crippen LogP contribution in [0.2, 0.25) is 0 Å². The lowest BCUT2D eigenvalue weighted by atomic mass is 9.91.